The number of nitrogens with one attached hydrogen (secondary N) is 2. The zero-order chi connectivity index (χ0) is 16.8. The molecule has 1 aliphatic rings. The Labute approximate surface area is 141 Å². The van der Waals surface area contributed by atoms with E-state index in [-0.39, 0.29) is 12.5 Å². The highest BCUT2D eigenvalue weighted by Gasteiger charge is 2.18. The Balaban J connectivity index is 1.43. The summed E-state index contributed by atoms with van der Waals surface area (Å²) >= 11 is 0. The summed E-state index contributed by atoms with van der Waals surface area (Å²) < 4.78 is 0. The number of hydrogen-bond acceptors (Lipinski definition) is 3. The molecule has 2 aromatic rings. The smallest absolute Gasteiger partial charge is 0.321 e. The van der Waals surface area contributed by atoms with E-state index in [1.165, 1.54) is 11.1 Å². The first kappa shape index (κ1) is 16.2. The van der Waals surface area contributed by atoms with Crippen LogP contribution >= 0.6 is 0 Å². The topological polar surface area (TPSA) is 61.4 Å². The van der Waals surface area contributed by atoms with Crippen molar-refractivity contribution < 1.29 is 9.59 Å². The van der Waals surface area contributed by atoms with Crippen molar-refractivity contribution in [2.45, 2.75) is 19.5 Å². The molecule has 0 bridgehead atoms. The van der Waals surface area contributed by atoms with E-state index in [2.05, 4.69) is 27.7 Å². The Morgan fingerprint density at radius 3 is 2.46 bits per heavy atom. The fraction of sp³-hybridized carbons (Fsp3) is 0.263. The van der Waals surface area contributed by atoms with Crippen molar-refractivity contribution in [2.75, 3.05) is 13.1 Å². The monoisotopic (exact) mass is 323 g/mol. The normalized spacial score (nSPS) is 13.8. The number of nitrogens with zero attached hydrogens (tertiary/aromatic N) is 1. The molecule has 0 saturated carbocycles. The van der Waals surface area contributed by atoms with Crippen molar-refractivity contribution in [3.8, 4) is 0 Å². The van der Waals surface area contributed by atoms with Gasteiger partial charge in [-0.15, -0.1) is 0 Å². The van der Waals surface area contributed by atoms with Gasteiger partial charge in [0.05, 0.1) is 6.54 Å². The Kier molecular flexibility index (Phi) is 5.23. The number of carbonyl (C=O) groups excluding carboxylic acids is 2. The largest absolute Gasteiger partial charge is 0.334 e. The van der Waals surface area contributed by atoms with Gasteiger partial charge in [0, 0.05) is 19.6 Å². The number of amides is 3. The van der Waals surface area contributed by atoms with Crippen LogP contribution < -0.4 is 10.6 Å². The predicted octanol–water partition coefficient (Wildman–Crippen LogP) is 2.07. The molecule has 24 heavy (non-hydrogen) atoms. The summed E-state index contributed by atoms with van der Waals surface area (Å²) in [4.78, 5) is 25.9. The van der Waals surface area contributed by atoms with Crippen LogP contribution in [0.5, 0.6) is 0 Å². The highest BCUT2D eigenvalue weighted by molar-refractivity contribution is 5.95. The minimum atomic E-state index is -0.457. The van der Waals surface area contributed by atoms with Crippen LogP contribution in [0.25, 0.3) is 0 Å². The number of rotatable bonds is 4. The second kappa shape index (κ2) is 7.75. The maximum Gasteiger partial charge on any atom is 0.321 e. The number of benzene rings is 2. The first-order valence-corrected chi connectivity index (χ1v) is 8.11. The van der Waals surface area contributed by atoms with Crippen LogP contribution in [0.1, 0.15) is 16.7 Å². The summed E-state index contributed by atoms with van der Waals surface area (Å²) in [6.07, 6.45) is 0.934. The molecule has 1 heterocycles. The van der Waals surface area contributed by atoms with Crippen LogP contribution in [0.4, 0.5) is 4.79 Å². The predicted molar refractivity (Wildman–Crippen MR) is 92.2 cm³/mol. The number of urea groups is 1. The minimum absolute atomic E-state index is 0.229. The fourth-order valence-electron chi connectivity index (χ4n) is 2.88. The molecule has 5 heteroatoms. The van der Waals surface area contributed by atoms with Gasteiger partial charge in [-0.2, -0.15) is 0 Å². The average molecular weight is 323 g/mol. The van der Waals surface area contributed by atoms with E-state index in [9.17, 15) is 9.59 Å². The zero-order valence-corrected chi connectivity index (χ0v) is 13.5. The zero-order valence-electron chi connectivity index (χ0n) is 13.5. The van der Waals surface area contributed by atoms with Gasteiger partial charge in [0.25, 0.3) is 0 Å². The van der Waals surface area contributed by atoms with Gasteiger partial charge in [0.2, 0.25) is 5.91 Å². The second-order valence-electron chi connectivity index (χ2n) is 5.95. The molecule has 5 nitrogen and oxygen atoms in total. The lowest BCUT2D eigenvalue weighted by molar-refractivity contribution is -0.121. The second-order valence-corrected chi connectivity index (χ2v) is 5.95. The highest BCUT2D eigenvalue weighted by Crippen LogP contribution is 2.17. The van der Waals surface area contributed by atoms with Crippen LogP contribution in [-0.4, -0.2) is 29.9 Å². The molecule has 1 aliphatic heterocycles. The van der Waals surface area contributed by atoms with Gasteiger partial charge in [-0.1, -0.05) is 54.6 Å². The van der Waals surface area contributed by atoms with Crippen molar-refractivity contribution in [1.29, 1.82) is 0 Å². The molecule has 0 radical (unpaired) electrons. The van der Waals surface area contributed by atoms with Crippen LogP contribution in [0.2, 0.25) is 0 Å². The van der Waals surface area contributed by atoms with Gasteiger partial charge in [0.1, 0.15) is 0 Å². The van der Waals surface area contributed by atoms with Crippen LogP contribution in [0.15, 0.2) is 54.6 Å². The average Bonchev–Trinajstić information content (AvgIpc) is 2.60. The molecular weight excluding hydrogens is 302 g/mol. The van der Waals surface area contributed by atoms with Gasteiger partial charge in [0.15, 0.2) is 0 Å². The summed E-state index contributed by atoms with van der Waals surface area (Å²) in [6, 6.07) is 17.4. The van der Waals surface area contributed by atoms with E-state index in [1.54, 1.807) is 0 Å². The third-order valence-corrected chi connectivity index (χ3v) is 4.13. The van der Waals surface area contributed by atoms with E-state index in [1.807, 2.05) is 42.5 Å². The maximum absolute atomic E-state index is 12.0. The first-order chi connectivity index (χ1) is 11.7. The van der Waals surface area contributed by atoms with E-state index >= 15 is 0 Å². The van der Waals surface area contributed by atoms with Crippen molar-refractivity contribution in [3.05, 3.63) is 71.3 Å². The third-order valence-electron chi connectivity index (χ3n) is 4.13. The molecule has 0 spiro atoms. The van der Waals surface area contributed by atoms with Gasteiger partial charge >= 0.3 is 6.03 Å². The van der Waals surface area contributed by atoms with Crippen molar-refractivity contribution in [2.24, 2.45) is 0 Å². The van der Waals surface area contributed by atoms with Gasteiger partial charge in [-0.3, -0.25) is 15.0 Å². The Morgan fingerprint density at radius 2 is 1.67 bits per heavy atom. The SMILES string of the molecule is O=C(CN1CCc2ccccc2C1)NC(=O)NCc1ccccc1. The molecule has 0 aliphatic carbocycles. The molecule has 0 unspecified atom stereocenters. The van der Waals surface area contributed by atoms with E-state index < -0.39 is 6.03 Å². The third kappa shape index (κ3) is 4.43. The fourth-order valence-corrected chi connectivity index (χ4v) is 2.88. The Morgan fingerprint density at radius 1 is 0.958 bits per heavy atom. The quantitative estimate of drug-likeness (QED) is 0.905. The van der Waals surface area contributed by atoms with E-state index in [4.69, 9.17) is 0 Å². The summed E-state index contributed by atoms with van der Waals surface area (Å²) in [7, 11) is 0. The van der Waals surface area contributed by atoms with Crippen LogP contribution in [-0.2, 0) is 24.3 Å². The number of imide groups is 1. The lowest BCUT2D eigenvalue weighted by atomic mass is 10.00. The van der Waals surface area contributed by atoms with Gasteiger partial charge in [-0.05, 0) is 23.1 Å². The molecule has 0 fully saturated rings. The molecule has 2 N–H and O–H groups in total. The lowest BCUT2D eigenvalue weighted by Gasteiger charge is -2.27. The standard InChI is InChI=1S/C19H21N3O2/c23-18(21-19(24)20-12-15-6-2-1-3-7-15)14-22-11-10-16-8-4-5-9-17(16)13-22/h1-9H,10-14H2,(H2,20,21,23,24). The van der Waals surface area contributed by atoms with Crippen LogP contribution in [0.3, 0.4) is 0 Å². The van der Waals surface area contributed by atoms with Crippen molar-refractivity contribution in [1.82, 2.24) is 15.5 Å². The van der Waals surface area contributed by atoms with Crippen molar-refractivity contribution in [3.63, 3.8) is 0 Å². The maximum atomic E-state index is 12.0. The van der Waals surface area contributed by atoms with Crippen LogP contribution in [0, 0.1) is 0 Å². The lowest BCUT2D eigenvalue weighted by Crippen LogP contribution is -2.45. The minimum Gasteiger partial charge on any atom is -0.334 e. The van der Waals surface area contributed by atoms with Crippen molar-refractivity contribution >= 4 is 11.9 Å². The van der Waals surface area contributed by atoms with E-state index in [0.29, 0.717) is 6.54 Å². The molecule has 0 aromatic heterocycles. The highest BCUT2D eigenvalue weighted by atomic mass is 16.2. The molecule has 124 valence electrons. The summed E-state index contributed by atoms with van der Waals surface area (Å²) in [5.41, 5.74) is 3.59. The summed E-state index contributed by atoms with van der Waals surface area (Å²) in [5, 5.41) is 5.08. The molecule has 0 atom stereocenters. The Hall–Kier alpha value is -2.66. The number of hydrogen-bond donors (Lipinski definition) is 2. The number of fused-ring (bicyclic) bond motifs is 1. The number of carbonyl (C=O) groups is 2. The summed E-state index contributed by atoms with van der Waals surface area (Å²) in [5.74, 6) is -0.278. The Bertz CT molecular complexity index is 716. The van der Waals surface area contributed by atoms with Gasteiger partial charge in [-0.25, -0.2) is 4.79 Å². The molecule has 2 aromatic carbocycles. The molecule has 0 saturated heterocycles. The van der Waals surface area contributed by atoms with Gasteiger partial charge < -0.3 is 5.32 Å². The molecule has 3 rings (SSSR count). The van der Waals surface area contributed by atoms with E-state index in [0.717, 1.165) is 25.1 Å². The molecular formula is C19H21N3O2. The first-order valence-electron chi connectivity index (χ1n) is 8.11. The molecule has 3 amide bonds. The summed E-state index contributed by atoms with van der Waals surface area (Å²) in [6.45, 7) is 2.20.